The molecule has 2 rings (SSSR count). The normalized spacial score (nSPS) is 31.1. The summed E-state index contributed by atoms with van der Waals surface area (Å²) < 4.78 is 13.2. The number of hydrogen-bond donors (Lipinski definition) is 1. The van der Waals surface area contributed by atoms with Gasteiger partial charge in [0.05, 0.1) is 6.20 Å². The Bertz CT molecular complexity index is 367. The van der Waals surface area contributed by atoms with Crippen molar-refractivity contribution in [1.82, 2.24) is 4.98 Å². The fraction of sp³-hybridized carbons (Fsp3) is 0.615. The maximum Gasteiger partial charge on any atom is 0.141 e. The predicted octanol–water partition coefficient (Wildman–Crippen LogP) is 2.97. The van der Waals surface area contributed by atoms with Crippen molar-refractivity contribution in [1.29, 1.82) is 0 Å². The number of nitrogens with two attached hydrogens (primary N) is 1. The quantitative estimate of drug-likeness (QED) is 0.742. The van der Waals surface area contributed by atoms with Gasteiger partial charge in [-0.05, 0) is 36.8 Å². The molecular weight excluding hydrogens is 203 g/mol. The lowest BCUT2D eigenvalue weighted by Crippen LogP contribution is -2.36. The van der Waals surface area contributed by atoms with Crippen LogP contribution in [-0.2, 0) is 5.54 Å². The summed E-state index contributed by atoms with van der Waals surface area (Å²) in [5.74, 6) is 0.437. The van der Waals surface area contributed by atoms with Crippen molar-refractivity contribution >= 4 is 0 Å². The first kappa shape index (κ1) is 11.5. The summed E-state index contributed by atoms with van der Waals surface area (Å²) in [6.45, 7) is 2.26. The van der Waals surface area contributed by atoms with Gasteiger partial charge in [0, 0.05) is 11.7 Å². The van der Waals surface area contributed by atoms with Crippen molar-refractivity contribution in [3.05, 3.63) is 29.8 Å². The highest BCUT2D eigenvalue weighted by molar-refractivity contribution is 5.21. The Balaban J connectivity index is 2.23. The van der Waals surface area contributed by atoms with Crippen molar-refractivity contribution in [3.63, 3.8) is 0 Å². The van der Waals surface area contributed by atoms with Crippen LogP contribution in [0.4, 0.5) is 4.39 Å². The van der Waals surface area contributed by atoms with Gasteiger partial charge in [0.15, 0.2) is 0 Å². The van der Waals surface area contributed by atoms with Crippen LogP contribution >= 0.6 is 0 Å². The molecule has 0 amide bonds. The van der Waals surface area contributed by atoms with E-state index in [1.165, 1.54) is 18.7 Å². The molecule has 0 bridgehead atoms. The Labute approximate surface area is 96.1 Å². The van der Waals surface area contributed by atoms with Gasteiger partial charge in [-0.1, -0.05) is 19.8 Å². The van der Waals surface area contributed by atoms with Crippen LogP contribution in [0.3, 0.4) is 0 Å². The van der Waals surface area contributed by atoms with Gasteiger partial charge in [-0.25, -0.2) is 4.39 Å². The van der Waals surface area contributed by atoms with Gasteiger partial charge in [0.1, 0.15) is 5.82 Å². The van der Waals surface area contributed by atoms with E-state index in [4.69, 9.17) is 5.73 Å². The minimum absolute atomic E-state index is 0.292. The molecule has 0 radical (unpaired) electrons. The number of hydrogen-bond acceptors (Lipinski definition) is 2. The highest BCUT2D eigenvalue weighted by Gasteiger charge is 2.30. The zero-order chi connectivity index (χ0) is 11.6. The standard InChI is InChI=1S/C13H19FN2/c1-10-3-2-5-13(15,6-4-10)11-7-12(14)9-16-8-11/h7-10H,2-6,15H2,1H3. The molecule has 16 heavy (non-hydrogen) atoms. The van der Waals surface area contributed by atoms with E-state index in [0.717, 1.165) is 37.2 Å². The Morgan fingerprint density at radius 3 is 2.94 bits per heavy atom. The summed E-state index contributed by atoms with van der Waals surface area (Å²) in [4.78, 5) is 3.90. The predicted molar refractivity (Wildman–Crippen MR) is 62.3 cm³/mol. The lowest BCUT2D eigenvalue weighted by Gasteiger charge is -2.28. The molecule has 3 heteroatoms. The molecule has 1 fully saturated rings. The Kier molecular flexibility index (Phi) is 3.24. The molecule has 2 unspecified atom stereocenters. The number of aromatic nitrogens is 1. The van der Waals surface area contributed by atoms with E-state index in [1.54, 1.807) is 6.20 Å². The first-order valence-corrected chi connectivity index (χ1v) is 6.00. The van der Waals surface area contributed by atoms with Gasteiger partial charge in [-0.3, -0.25) is 4.98 Å². The third-order valence-electron chi connectivity index (χ3n) is 3.68. The molecule has 2 nitrogen and oxygen atoms in total. The SMILES string of the molecule is CC1CCCC(N)(c2cncc(F)c2)CC1. The van der Waals surface area contributed by atoms with Crippen LogP contribution in [0.5, 0.6) is 0 Å². The zero-order valence-electron chi connectivity index (χ0n) is 9.75. The van der Waals surface area contributed by atoms with Crippen LogP contribution in [0.25, 0.3) is 0 Å². The van der Waals surface area contributed by atoms with Crippen molar-refractivity contribution < 1.29 is 4.39 Å². The molecule has 88 valence electrons. The highest BCUT2D eigenvalue weighted by atomic mass is 19.1. The van der Waals surface area contributed by atoms with Gasteiger partial charge < -0.3 is 5.73 Å². The van der Waals surface area contributed by atoms with Gasteiger partial charge in [-0.15, -0.1) is 0 Å². The van der Waals surface area contributed by atoms with Gasteiger partial charge in [-0.2, -0.15) is 0 Å². The minimum Gasteiger partial charge on any atom is -0.321 e. The lowest BCUT2D eigenvalue weighted by atomic mass is 9.84. The largest absolute Gasteiger partial charge is 0.321 e. The van der Waals surface area contributed by atoms with Gasteiger partial charge >= 0.3 is 0 Å². The Morgan fingerprint density at radius 2 is 2.19 bits per heavy atom. The second kappa shape index (κ2) is 4.50. The fourth-order valence-electron chi connectivity index (χ4n) is 2.51. The first-order chi connectivity index (χ1) is 7.60. The van der Waals surface area contributed by atoms with E-state index in [9.17, 15) is 4.39 Å². The molecule has 0 aromatic carbocycles. The lowest BCUT2D eigenvalue weighted by molar-refractivity contribution is 0.375. The summed E-state index contributed by atoms with van der Waals surface area (Å²) >= 11 is 0. The summed E-state index contributed by atoms with van der Waals surface area (Å²) in [6.07, 6.45) is 8.26. The number of nitrogens with zero attached hydrogens (tertiary/aromatic N) is 1. The van der Waals surface area contributed by atoms with E-state index in [1.807, 2.05) is 0 Å². The van der Waals surface area contributed by atoms with Crippen LogP contribution in [0.2, 0.25) is 0 Å². The number of pyridine rings is 1. The van der Waals surface area contributed by atoms with Crippen LogP contribution < -0.4 is 5.73 Å². The first-order valence-electron chi connectivity index (χ1n) is 6.00. The highest BCUT2D eigenvalue weighted by Crippen LogP contribution is 2.35. The topological polar surface area (TPSA) is 38.9 Å². The van der Waals surface area contributed by atoms with E-state index in [2.05, 4.69) is 11.9 Å². The molecule has 1 aromatic heterocycles. The molecule has 1 saturated carbocycles. The molecule has 0 saturated heterocycles. The summed E-state index contributed by atoms with van der Waals surface area (Å²) in [5, 5.41) is 0. The van der Waals surface area contributed by atoms with Crippen LogP contribution in [0, 0.1) is 11.7 Å². The van der Waals surface area contributed by atoms with Crippen molar-refractivity contribution in [2.24, 2.45) is 11.7 Å². The van der Waals surface area contributed by atoms with Crippen molar-refractivity contribution in [3.8, 4) is 0 Å². The number of halogens is 1. The van der Waals surface area contributed by atoms with E-state index in [-0.39, 0.29) is 11.4 Å². The zero-order valence-corrected chi connectivity index (χ0v) is 9.75. The van der Waals surface area contributed by atoms with Gasteiger partial charge in [0.25, 0.3) is 0 Å². The Morgan fingerprint density at radius 1 is 1.38 bits per heavy atom. The third-order valence-corrected chi connectivity index (χ3v) is 3.68. The van der Waals surface area contributed by atoms with Gasteiger partial charge in [0.2, 0.25) is 0 Å². The maximum atomic E-state index is 13.2. The average molecular weight is 222 g/mol. The smallest absolute Gasteiger partial charge is 0.141 e. The van der Waals surface area contributed by atoms with E-state index in [0.29, 0.717) is 0 Å². The molecule has 0 spiro atoms. The second-order valence-electron chi connectivity index (χ2n) is 5.08. The maximum absolute atomic E-state index is 13.2. The fourth-order valence-corrected chi connectivity index (χ4v) is 2.51. The molecule has 2 N–H and O–H groups in total. The molecule has 1 aliphatic rings. The monoisotopic (exact) mass is 222 g/mol. The third kappa shape index (κ3) is 2.40. The minimum atomic E-state index is -0.375. The molecule has 0 aliphatic heterocycles. The summed E-state index contributed by atoms with van der Waals surface area (Å²) in [6, 6.07) is 1.53. The number of rotatable bonds is 1. The van der Waals surface area contributed by atoms with Crippen molar-refractivity contribution in [2.45, 2.75) is 44.6 Å². The van der Waals surface area contributed by atoms with E-state index >= 15 is 0 Å². The molecule has 1 heterocycles. The molecular formula is C13H19FN2. The van der Waals surface area contributed by atoms with E-state index < -0.39 is 0 Å². The van der Waals surface area contributed by atoms with Crippen LogP contribution in [0.1, 0.15) is 44.6 Å². The average Bonchev–Trinajstić information content (AvgIpc) is 2.42. The molecule has 1 aliphatic carbocycles. The van der Waals surface area contributed by atoms with Crippen LogP contribution in [-0.4, -0.2) is 4.98 Å². The molecule has 2 atom stereocenters. The second-order valence-corrected chi connectivity index (χ2v) is 5.08. The van der Waals surface area contributed by atoms with Crippen LogP contribution in [0.15, 0.2) is 18.5 Å². The Hall–Kier alpha value is -0.960. The van der Waals surface area contributed by atoms with Crippen molar-refractivity contribution in [2.75, 3.05) is 0 Å². The summed E-state index contributed by atoms with van der Waals surface area (Å²) in [7, 11) is 0. The molecule has 1 aromatic rings. The summed E-state index contributed by atoms with van der Waals surface area (Å²) in [5.41, 5.74) is 6.88.